The molecule has 0 radical (unpaired) electrons. The fourth-order valence-corrected chi connectivity index (χ4v) is 1.95. The third kappa shape index (κ3) is 2.44. The Morgan fingerprint density at radius 1 is 1.30 bits per heavy atom. The van der Waals surface area contributed by atoms with Gasteiger partial charge >= 0.3 is 0 Å². The molecule has 1 atom stereocenters. The molecule has 0 saturated heterocycles. The van der Waals surface area contributed by atoms with Crippen molar-refractivity contribution in [2.45, 2.75) is 6.10 Å². The van der Waals surface area contributed by atoms with E-state index in [0.29, 0.717) is 11.1 Å². The highest BCUT2D eigenvalue weighted by molar-refractivity contribution is 5.96. The van der Waals surface area contributed by atoms with Crippen LogP contribution < -0.4 is 5.32 Å². The second kappa shape index (κ2) is 5.22. The molecule has 2 heterocycles. The van der Waals surface area contributed by atoms with Crippen LogP contribution in [-0.2, 0) is 0 Å². The summed E-state index contributed by atoms with van der Waals surface area (Å²) in [6.45, 7) is 0.0927. The van der Waals surface area contributed by atoms with E-state index >= 15 is 0 Å². The summed E-state index contributed by atoms with van der Waals surface area (Å²) in [5.41, 5.74) is 1.28. The maximum Gasteiger partial charge on any atom is 0.287 e. The van der Waals surface area contributed by atoms with E-state index in [1.54, 1.807) is 18.2 Å². The standard InChI is InChI=1S/C15H13NO4/c17-12(11-5-6-19-9-11)8-16-15(18)14-7-10-3-1-2-4-13(10)20-14/h1-7,9,12,17H,8H2,(H,16,18). The van der Waals surface area contributed by atoms with E-state index in [9.17, 15) is 9.90 Å². The van der Waals surface area contributed by atoms with Gasteiger partial charge in [-0.05, 0) is 18.2 Å². The van der Waals surface area contributed by atoms with Crippen molar-refractivity contribution in [3.63, 3.8) is 0 Å². The van der Waals surface area contributed by atoms with E-state index in [0.717, 1.165) is 5.39 Å². The Kier molecular flexibility index (Phi) is 3.26. The molecule has 0 saturated carbocycles. The molecule has 2 aromatic heterocycles. The molecule has 1 amide bonds. The summed E-state index contributed by atoms with van der Waals surface area (Å²) in [4.78, 5) is 11.9. The van der Waals surface area contributed by atoms with Crippen LogP contribution in [-0.4, -0.2) is 17.6 Å². The molecule has 5 nitrogen and oxygen atoms in total. The third-order valence-corrected chi connectivity index (χ3v) is 3.03. The van der Waals surface area contributed by atoms with Crippen LogP contribution in [0.15, 0.2) is 57.8 Å². The number of aliphatic hydroxyl groups excluding tert-OH is 1. The number of benzene rings is 1. The number of furan rings is 2. The van der Waals surface area contributed by atoms with Gasteiger partial charge in [0.1, 0.15) is 5.58 Å². The predicted molar refractivity (Wildman–Crippen MR) is 72.2 cm³/mol. The van der Waals surface area contributed by atoms with Crippen molar-refractivity contribution in [3.8, 4) is 0 Å². The fraction of sp³-hybridized carbons (Fsp3) is 0.133. The fourth-order valence-electron chi connectivity index (χ4n) is 1.95. The van der Waals surface area contributed by atoms with E-state index in [-0.39, 0.29) is 18.2 Å². The Bertz CT molecular complexity index is 681. The van der Waals surface area contributed by atoms with E-state index in [4.69, 9.17) is 8.83 Å². The molecule has 0 bridgehead atoms. The van der Waals surface area contributed by atoms with Crippen molar-refractivity contribution < 1.29 is 18.7 Å². The lowest BCUT2D eigenvalue weighted by atomic mass is 10.2. The van der Waals surface area contributed by atoms with Gasteiger partial charge in [0.2, 0.25) is 0 Å². The topological polar surface area (TPSA) is 75.6 Å². The molecule has 3 rings (SSSR count). The van der Waals surface area contributed by atoms with Crippen LogP contribution in [0.3, 0.4) is 0 Å². The molecule has 20 heavy (non-hydrogen) atoms. The Labute approximate surface area is 114 Å². The maximum atomic E-state index is 11.9. The number of carbonyl (C=O) groups excluding carboxylic acids is 1. The minimum atomic E-state index is -0.804. The number of para-hydroxylation sites is 1. The molecule has 0 aliphatic carbocycles. The van der Waals surface area contributed by atoms with Crippen molar-refractivity contribution in [1.29, 1.82) is 0 Å². The van der Waals surface area contributed by atoms with Gasteiger partial charge in [0.25, 0.3) is 5.91 Å². The van der Waals surface area contributed by atoms with Gasteiger partial charge in [0, 0.05) is 17.5 Å². The summed E-state index contributed by atoms with van der Waals surface area (Å²) in [6, 6.07) is 10.7. The number of amides is 1. The number of carbonyl (C=O) groups is 1. The van der Waals surface area contributed by atoms with Crippen molar-refractivity contribution in [3.05, 3.63) is 60.2 Å². The second-order valence-corrected chi connectivity index (χ2v) is 4.43. The molecule has 0 aliphatic rings. The van der Waals surface area contributed by atoms with Gasteiger partial charge in [-0.1, -0.05) is 18.2 Å². The van der Waals surface area contributed by atoms with Crippen molar-refractivity contribution in [2.75, 3.05) is 6.54 Å². The molecule has 1 aromatic carbocycles. The van der Waals surface area contributed by atoms with Gasteiger partial charge in [-0.2, -0.15) is 0 Å². The van der Waals surface area contributed by atoms with Crippen LogP contribution in [0.1, 0.15) is 22.2 Å². The van der Waals surface area contributed by atoms with Gasteiger partial charge in [-0.3, -0.25) is 4.79 Å². The maximum absolute atomic E-state index is 11.9. The van der Waals surface area contributed by atoms with Gasteiger partial charge in [-0.15, -0.1) is 0 Å². The van der Waals surface area contributed by atoms with Crippen molar-refractivity contribution in [1.82, 2.24) is 5.32 Å². The van der Waals surface area contributed by atoms with Crippen molar-refractivity contribution >= 4 is 16.9 Å². The number of aliphatic hydroxyl groups is 1. The summed E-state index contributed by atoms with van der Waals surface area (Å²) in [5.74, 6) is -0.130. The zero-order valence-corrected chi connectivity index (χ0v) is 10.6. The number of nitrogens with one attached hydrogen (secondary N) is 1. The molecular weight excluding hydrogens is 258 g/mol. The lowest BCUT2D eigenvalue weighted by molar-refractivity contribution is 0.0891. The average Bonchev–Trinajstić information content (AvgIpc) is 3.12. The number of hydrogen-bond donors (Lipinski definition) is 2. The third-order valence-electron chi connectivity index (χ3n) is 3.03. The van der Waals surface area contributed by atoms with Crippen LogP contribution in [0.5, 0.6) is 0 Å². The van der Waals surface area contributed by atoms with Gasteiger partial charge in [0.05, 0.1) is 18.6 Å². The minimum Gasteiger partial charge on any atom is -0.472 e. The van der Waals surface area contributed by atoms with Crippen LogP contribution >= 0.6 is 0 Å². The molecule has 1 unspecified atom stereocenters. The predicted octanol–water partition coefficient (Wildman–Crippen LogP) is 2.49. The summed E-state index contributed by atoms with van der Waals surface area (Å²) in [5, 5.41) is 13.3. The highest BCUT2D eigenvalue weighted by atomic mass is 16.3. The Hall–Kier alpha value is -2.53. The average molecular weight is 271 g/mol. The highest BCUT2D eigenvalue weighted by Crippen LogP contribution is 2.19. The molecule has 5 heteroatoms. The van der Waals surface area contributed by atoms with E-state index in [1.807, 2.05) is 18.2 Å². The first-order chi connectivity index (χ1) is 9.74. The largest absolute Gasteiger partial charge is 0.472 e. The molecule has 0 fully saturated rings. The van der Waals surface area contributed by atoms with E-state index in [1.165, 1.54) is 12.5 Å². The summed E-state index contributed by atoms with van der Waals surface area (Å²) in [7, 11) is 0. The van der Waals surface area contributed by atoms with E-state index < -0.39 is 6.10 Å². The van der Waals surface area contributed by atoms with Crippen LogP contribution in [0.25, 0.3) is 11.0 Å². The van der Waals surface area contributed by atoms with Crippen LogP contribution in [0.4, 0.5) is 0 Å². The highest BCUT2D eigenvalue weighted by Gasteiger charge is 2.14. The molecular formula is C15H13NO4. The van der Waals surface area contributed by atoms with Gasteiger partial charge < -0.3 is 19.3 Å². The first-order valence-electron chi connectivity index (χ1n) is 6.21. The number of rotatable bonds is 4. The SMILES string of the molecule is O=C(NCC(O)c1ccoc1)c1cc2ccccc2o1. The summed E-state index contributed by atoms with van der Waals surface area (Å²) < 4.78 is 10.3. The van der Waals surface area contributed by atoms with Crippen LogP contribution in [0.2, 0.25) is 0 Å². The summed E-state index contributed by atoms with van der Waals surface area (Å²) >= 11 is 0. The molecule has 102 valence electrons. The minimum absolute atomic E-state index is 0.0927. The van der Waals surface area contributed by atoms with E-state index in [2.05, 4.69) is 5.32 Å². The Morgan fingerprint density at radius 3 is 2.90 bits per heavy atom. The molecule has 0 spiro atoms. The normalized spacial score (nSPS) is 12.4. The number of fused-ring (bicyclic) bond motifs is 1. The lowest BCUT2D eigenvalue weighted by Gasteiger charge is -2.08. The molecule has 3 aromatic rings. The lowest BCUT2D eigenvalue weighted by Crippen LogP contribution is -2.27. The second-order valence-electron chi connectivity index (χ2n) is 4.43. The number of hydrogen-bond acceptors (Lipinski definition) is 4. The first kappa shape index (κ1) is 12.5. The Balaban J connectivity index is 1.67. The summed E-state index contributed by atoms with van der Waals surface area (Å²) in [6.07, 6.45) is 2.11. The van der Waals surface area contributed by atoms with Crippen molar-refractivity contribution in [2.24, 2.45) is 0 Å². The smallest absolute Gasteiger partial charge is 0.287 e. The van der Waals surface area contributed by atoms with Gasteiger partial charge in [-0.25, -0.2) is 0 Å². The monoisotopic (exact) mass is 271 g/mol. The Morgan fingerprint density at radius 2 is 2.15 bits per heavy atom. The quantitative estimate of drug-likeness (QED) is 0.764. The van der Waals surface area contributed by atoms with Crippen LogP contribution in [0, 0.1) is 0 Å². The zero-order valence-electron chi connectivity index (χ0n) is 10.6. The first-order valence-corrected chi connectivity index (χ1v) is 6.21. The zero-order chi connectivity index (χ0) is 13.9. The van der Waals surface area contributed by atoms with Gasteiger partial charge in [0.15, 0.2) is 5.76 Å². The molecule has 0 aliphatic heterocycles. The molecule has 2 N–H and O–H groups in total.